The van der Waals surface area contributed by atoms with E-state index in [0.29, 0.717) is 12.1 Å². The second kappa shape index (κ2) is 9.18. The topological polar surface area (TPSA) is 124 Å². The molecule has 25 heteroatoms. The van der Waals surface area contributed by atoms with Crippen LogP contribution < -0.4 is 8.31 Å². The van der Waals surface area contributed by atoms with Gasteiger partial charge in [-0.25, -0.2) is 16.8 Å². The molecule has 0 aromatic heterocycles. The molecule has 1 aromatic rings. The van der Waals surface area contributed by atoms with Crippen molar-refractivity contribution < 1.29 is 86.5 Å². The minimum Gasteiger partial charge on any atom is -0.378 e. The van der Waals surface area contributed by atoms with E-state index in [1.165, 1.54) is 0 Å². The van der Waals surface area contributed by atoms with Gasteiger partial charge in [-0.1, -0.05) is 4.13 Å². The summed E-state index contributed by atoms with van der Waals surface area (Å²) >= 11 is 3.65. The van der Waals surface area contributed by atoms with Gasteiger partial charge in [-0.2, -0.15) is 65.5 Å². The molecule has 1 rings (SSSR count). The van der Waals surface area contributed by atoms with Crippen LogP contribution in [0.25, 0.3) is 0 Å². The molecule has 0 radical (unpaired) electrons. The van der Waals surface area contributed by atoms with E-state index in [1.54, 1.807) is 0 Å². The number of rotatable bonds is 10. The summed E-state index contributed by atoms with van der Waals surface area (Å²) in [6.07, 6.45) is -7.52. The summed E-state index contributed by atoms with van der Waals surface area (Å²) in [7, 11) is -24.1. The van der Waals surface area contributed by atoms with Crippen LogP contribution in [0, 0.1) is 0 Å². The fourth-order valence-electron chi connectivity index (χ4n) is 1.76. The average Bonchev–Trinajstić information content (AvgIpc) is 2.67. The molecule has 1 N–H and O–H groups in total. The van der Waals surface area contributed by atoms with Gasteiger partial charge in [-0.05, 0) is 24.3 Å². The van der Waals surface area contributed by atoms with Crippen LogP contribution in [-0.4, -0.2) is 59.0 Å². The maximum atomic E-state index is 14.0. The molecule has 0 saturated heterocycles. The maximum absolute atomic E-state index is 14.0. The van der Waals surface area contributed by atoms with E-state index in [1.807, 2.05) is 0 Å². The zero-order valence-electron chi connectivity index (χ0n) is 16.3. The van der Waals surface area contributed by atoms with Crippen molar-refractivity contribution in [2.75, 3.05) is 0 Å². The normalized spacial score (nSPS) is 15.5. The van der Waals surface area contributed by atoms with Gasteiger partial charge in [0, 0.05) is 4.90 Å². The highest BCUT2D eigenvalue weighted by Crippen LogP contribution is 2.52. The standard InChI is InChI=1S/C12H6F13NO7S4/c13-7(14,9(17,18)19)10(20,21)35(27,28)26-36(29,30)11(22,23)8(15,16)12(24,25)37(31,32)33-5-1-3-6(34)4-2-5/h1-4,26,34H. The number of thiol groups is 1. The second-order valence-electron chi connectivity index (χ2n) is 6.32. The van der Waals surface area contributed by atoms with Crippen molar-refractivity contribution in [2.24, 2.45) is 0 Å². The van der Waals surface area contributed by atoms with Crippen LogP contribution in [0.2, 0.25) is 0 Å². The van der Waals surface area contributed by atoms with Gasteiger partial charge in [0.25, 0.3) is 20.0 Å². The van der Waals surface area contributed by atoms with E-state index in [2.05, 4.69) is 16.8 Å². The van der Waals surface area contributed by atoms with Crippen molar-refractivity contribution in [1.29, 1.82) is 0 Å². The first-order chi connectivity index (χ1) is 15.9. The minimum absolute atomic E-state index is 0.0281. The van der Waals surface area contributed by atoms with Gasteiger partial charge in [0.2, 0.25) is 0 Å². The van der Waals surface area contributed by atoms with Crippen LogP contribution in [0.1, 0.15) is 0 Å². The highest BCUT2D eigenvalue weighted by Gasteiger charge is 2.85. The van der Waals surface area contributed by atoms with Gasteiger partial charge < -0.3 is 4.18 Å². The Morgan fingerprint density at radius 2 is 0.946 bits per heavy atom. The zero-order chi connectivity index (χ0) is 29.9. The largest absolute Gasteiger partial charge is 0.461 e. The van der Waals surface area contributed by atoms with E-state index < -0.39 is 73.8 Å². The molecular formula is C12H6F13NO7S4. The summed E-state index contributed by atoms with van der Waals surface area (Å²) in [4.78, 5) is -0.0281. The highest BCUT2D eigenvalue weighted by molar-refractivity contribution is 8.05. The number of sulfonamides is 2. The van der Waals surface area contributed by atoms with Gasteiger partial charge in [-0.15, -0.1) is 12.6 Å². The lowest BCUT2D eigenvalue weighted by Gasteiger charge is -2.32. The monoisotopic (exact) mass is 651 g/mol. The molecular weight excluding hydrogens is 645 g/mol. The zero-order valence-corrected chi connectivity index (χ0v) is 19.6. The van der Waals surface area contributed by atoms with Gasteiger partial charge in [-0.3, -0.25) is 0 Å². The summed E-state index contributed by atoms with van der Waals surface area (Å²) in [5, 5.41) is -22.9. The lowest BCUT2D eigenvalue weighted by Crippen LogP contribution is -2.66. The second-order valence-corrected chi connectivity index (χ2v) is 12.1. The number of nitrogens with one attached hydrogen (secondary N) is 1. The SMILES string of the molecule is O=S(=O)(NS(=O)(=O)C(F)(F)C(F)(F)C(F)(F)S(=O)(=O)Oc1ccc(S)cc1)C(F)(F)C(F)(F)C(F)(F)F. The molecule has 216 valence electrons. The van der Waals surface area contributed by atoms with Gasteiger partial charge >= 0.3 is 43.9 Å². The predicted octanol–water partition coefficient (Wildman–Crippen LogP) is 3.54. The fourth-order valence-corrected chi connectivity index (χ4v) is 5.80. The number of halogens is 13. The molecule has 0 unspecified atom stereocenters. The molecule has 0 amide bonds. The minimum atomic E-state index is -8.40. The molecule has 8 nitrogen and oxygen atoms in total. The predicted molar refractivity (Wildman–Crippen MR) is 95.0 cm³/mol. The molecule has 0 saturated carbocycles. The number of benzene rings is 1. The van der Waals surface area contributed by atoms with E-state index in [-0.39, 0.29) is 4.90 Å². The first-order valence-corrected chi connectivity index (χ1v) is 12.7. The average molecular weight is 651 g/mol. The Balaban J connectivity index is 3.56. The van der Waals surface area contributed by atoms with E-state index in [4.69, 9.17) is 0 Å². The highest BCUT2D eigenvalue weighted by atomic mass is 32.3. The summed E-state index contributed by atoms with van der Waals surface area (Å²) in [6.45, 7) is 0. The van der Waals surface area contributed by atoms with E-state index in [9.17, 15) is 82.3 Å². The summed E-state index contributed by atoms with van der Waals surface area (Å²) in [6, 6.07) is 2.41. The van der Waals surface area contributed by atoms with Crippen LogP contribution in [0.5, 0.6) is 5.75 Å². The summed E-state index contributed by atoms with van der Waals surface area (Å²) in [5.74, 6) is -16.9. The molecule has 0 spiro atoms. The Morgan fingerprint density at radius 3 is 1.30 bits per heavy atom. The van der Waals surface area contributed by atoms with Crippen molar-refractivity contribution in [3.05, 3.63) is 24.3 Å². The third kappa shape index (κ3) is 5.27. The molecule has 0 aliphatic carbocycles. The first-order valence-electron chi connectivity index (χ1n) is 7.89. The van der Waals surface area contributed by atoms with Crippen LogP contribution >= 0.6 is 12.6 Å². The number of hydrogen-bond acceptors (Lipinski definition) is 8. The Bertz CT molecular complexity index is 1340. The molecule has 37 heavy (non-hydrogen) atoms. The quantitative estimate of drug-likeness (QED) is 0.226. The Kier molecular flexibility index (Phi) is 8.26. The summed E-state index contributed by atoms with van der Waals surface area (Å²) in [5.41, 5.74) is 0. The molecule has 0 aliphatic rings. The van der Waals surface area contributed by atoms with Crippen molar-refractivity contribution in [1.82, 2.24) is 4.13 Å². The van der Waals surface area contributed by atoms with Crippen LogP contribution in [0.4, 0.5) is 57.1 Å². The van der Waals surface area contributed by atoms with Crippen LogP contribution in [0.15, 0.2) is 29.2 Å². The third-order valence-electron chi connectivity index (χ3n) is 3.70. The first kappa shape index (κ1) is 33.3. The molecule has 0 aliphatic heterocycles. The van der Waals surface area contributed by atoms with Crippen LogP contribution in [0.3, 0.4) is 0 Å². The van der Waals surface area contributed by atoms with Crippen molar-refractivity contribution in [2.45, 2.75) is 38.7 Å². The Labute approximate surface area is 202 Å². The van der Waals surface area contributed by atoms with Gasteiger partial charge in [0.1, 0.15) is 5.75 Å². The molecule has 0 heterocycles. The van der Waals surface area contributed by atoms with E-state index >= 15 is 0 Å². The fraction of sp³-hybridized carbons (Fsp3) is 0.500. The van der Waals surface area contributed by atoms with Crippen molar-refractivity contribution in [3.8, 4) is 5.75 Å². The van der Waals surface area contributed by atoms with Crippen molar-refractivity contribution in [3.63, 3.8) is 0 Å². The lowest BCUT2D eigenvalue weighted by molar-refractivity contribution is -0.332. The Hall–Kier alpha value is -1.73. The number of alkyl halides is 13. The lowest BCUT2D eigenvalue weighted by atomic mass is 10.3. The Morgan fingerprint density at radius 1 is 0.595 bits per heavy atom. The maximum Gasteiger partial charge on any atom is 0.461 e. The molecule has 0 bridgehead atoms. The van der Waals surface area contributed by atoms with Gasteiger partial charge in [0.15, 0.2) is 0 Å². The van der Waals surface area contributed by atoms with Crippen molar-refractivity contribution >= 4 is 42.8 Å². The van der Waals surface area contributed by atoms with Gasteiger partial charge in [0.05, 0.1) is 0 Å². The summed E-state index contributed by atoms with van der Waals surface area (Å²) < 4.78 is 242. The van der Waals surface area contributed by atoms with E-state index in [0.717, 1.165) is 12.1 Å². The number of hydrogen-bond donors (Lipinski definition) is 2. The molecule has 1 aromatic carbocycles. The molecule has 0 fully saturated rings. The smallest absolute Gasteiger partial charge is 0.378 e. The van der Waals surface area contributed by atoms with Crippen LogP contribution in [-0.2, 0) is 30.2 Å². The molecule has 0 atom stereocenters. The third-order valence-corrected chi connectivity index (χ3v) is 8.92.